The Kier molecular flexibility index (Phi) is 5.53. The van der Waals surface area contributed by atoms with E-state index in [1.807, 2.05) is 23.1 Å². The Balaban J connectivity index is 1.38. The topological polar surface area (TPSA) is 128 Å². The molecule has 0 unspecified atom stereocenters. The van der Waals surface area contributed by atoms with E-state index in [0.29, 0.717) is 49.2 Å². The van der Waals surface area contributed by atoms with Gasteiger partial charge in [0.1, 0.15) is 17.0 Å². The van der Waals surface area contributed by atoms with Crippen molar-refractivity contribution in [1.82, 2.24) is 15.0 Å². The number of amides is 1. The molecular formula is C22H27N5O4. The first-order valence-corrected chi connectivity index (χ1v) is 10.3. The van der Waals surface area contributed by atoms with Crippen LogP contribution in [0.25, 0.3) is 11.1 Å². The Hall–Kier alpha value is -3.20. The first kappa shape index (κ1) is 21.0. The van der Waals surface area contributed by atoms with Crippen LogP contribution in [0.2, 0.25) is 0 Å². The molecule has 9 nitrogen and oxygen atoms in total. The molecule has 1 saturated heterocycles. The second-order valence-electron chi connectivity index (χ2n) is 8.59. The third-order valence-electron chi connectivity index (χ3n) is 5.33. The molecule has 0 atom stereocenters. The minimum atomic E-state index is -0.687. The van der Waals surface area contributed by atoms with Crippen LogP contribution >= 0.6 is 0 Å². The Labute approximate surface area is 180 Å². The van der Waals surface area contributed by atoms with E-state index in [0.717, 1.165) is 17.6 Å². The lowest BCUT2D eigenvalue weighted by molar-refractivity contribution is 0.0641. The van der Waals surface area contributed by atoms with Gasteiger partial charge in [-0.2, -0.15) is 4.98 Å². The molecule has 0 saturated carbocycles. The van der Waals surface area contributed by atoms with Crippen LogP contribution in [0.1, 0.15) is 54.5 Å². The Morgan fingerprint density at radius 3 is 2.84 bits per heavy atom. The van der Waals surface area contributed by atoms with E-state index in [1.54, 1.807) is 27.0 Å². The monoisotopic (exact) mass is 425 g/mol. The standard InChI is InChI=1S/C22H27N5O4/c1-13-19(20(23)28)25-17(10-24-13)14-11-27(12-14)21-26-16-6-5-15(9-18(16)31-21)30-8-4-7-22(2,3)29/h5-6,9-10,14,29H,4,7-8,11-12H2,1-3H3,(H2,23,28). The van der Waals surface area contributed by atoms with E-state index < -0.39 is 11.5 Å². The zero-order valence-corrected chi connectivity index (χ0v) is 18.0. The number of nitrogens with zero attached hydrogens (tertiary/aromatic N) is 4. The average molecular weight is 425 g/mol. The highest BCUT2D eigenvalue weighted by Gasteiger charge is 2.33. The van der Waals surface area contributed by atoms with Gasteiger partial charge in [0.25, 0.3) is 11.9 Å². The molecule has 9 heteroatoms. The number of oxazole rings is 1. The van der Waals surface area contributed by atoms with Crippen molar-refractivity contribution in [2.24, 2.45) is 5.73 Å². The maximum absolute atomic E-state index is 11.5. The lowest BCUT2D eigenvalue weighted by Crippen LogP contribution is -2.45. The molecule has 3 aromatic rings. The SMILES string of the molecule is Cc1ncc(C2CN(c3nc4ccc(OCCCC(C)(C)O)cc4o3)C2)nc1C(N)=O. The fourth-order valence-corrected chi connectivity index (χ4v) is 3.53. The summed E-state index contributed by atoms with van der Waals surface area (Å²) >= 11 is 0. The van der Waals surface area contributed by atoms with Crippen LogP contribution in [-0.2, 0) is 0 Å². The van der Waals surface area contributed by atoms with E-state index in [-0.39, 0.29) is 11.6 Å². The van der Waals surface area contributed by atoms with Crippen molar-refractivity contribution in [3.05, 3.63) is 41.5 Å². The molecule has 1 aromatic carbocycles. The fourth-order valence-electron chi connectivity index (χ4n) is 3.53. The third-order valence-corrected chi connectivity index (χ3v) is 5.33. The molecule has 4 rings (SSSR count). The fraction of sp³-hybridized carbons (Fsp3) is 0.455. The normalized spacial score (nSPS) is 14.6. The van der Waals surface area contributed by atoms with Gasteiger partial charge in [-0.25, -0.2) is 4.98 Å². The van der Waals surface area contributed by atoms with E-state index in [2.05, 4.69) is 15.0 Å². The first-order chi connectivity index (χ1) is 14.7. The Morgan fingerprint density at radius 2 is 2.13 bits per heavy atom. The first-order valence-electron chi connectivity index (χ1n) is 10.3. The number of hydrogen-bond acceptors (Lipinski definition) is 8. The van der Waals surface area contributed by atoms with Gasteiger partial charge in [0.15, 0.2) is 5.58 Å². The summed E-state index contributed by atoms with van der Waals surface area (Å²) in [5, 5.41) is 9.77. The molecule has 1 amide bonds. The number of carbonyl (C=O) groups is 1. The minimum Gasteiger partial charge on any atom is -0.493 e. The van der Waals surface area contributed by atoms with Gasteiger partial charge in [0.05, 0.1) is 23.6 Å². The third kappa shape index (κ3) is 4.77. The number of rotatable bonds is 8. The van der Waals surface area contributed by atoms with Crippen LogP contribution in [0.4, 0.5) is 6.01 Å². The number of ether oxygens (including phenoxy) is 1. The number of aromatic nitrogens is 3. The molecule has 0 bridgehead atoms. The van der Waals surface area contributed by atoms with Crippen molar-refractivity contribution in [1.29, 1.82) is 0 Å². The molecule has 1 fully saturated rings. The number of aliphatic hydroxyl groups is 1. The molecule has 2 aromatic heterocycles. The maximum atomic E-state index is 11.5. The summed E-state index contributed by atoms with van der Waals surface area (Å²) in [6.07, 6.45) is 3.12. The number of nitrogens with two attached hydrogens (primary N) is 1. The molecule has 1 aliphatic heterocycles. The quantitative estimate of drug-likeness (QED) is 0.527. The number of aryl methyl sites for hydroxylation is 1. The molecule has 31 heavy (non-hydrogen) atoms. The number of benzene rings is 1. The molecule has 3 heterocycles. The van der Waals surface area contributed by atoms with E-state index in [4.69, 9.17) is 14.9 Å². The van der Waals surface area contributed by atoms with Crippen LogP contribution < -0.4 is 15.4 Å². The molecule has 0 radical (unpaired) electrons. The molecule has 1 aliphatic rings. The van der Waals surface area contributed by atoms with E-state index in [1.165, 1.54) is 0 Å². The van der Waals surface area contributed by atoms with Crippen molar-refractivity contribution in [3.63, 3.8) is 0 Å². The number of hydrogen-bond donors (Lipinski definition) is 2. The van der Waals surface area contributed by atoms with Crippen molar-refractivity contribution >= 4 is 23.0 Å². The average Bonchev–Trinajstić information content (AvgIpc) is 3.07. The summed E-state index contributed by atoms with van der Waals surface area (Å²) in [6, 6.07) is 6.11. The van der Waals surface area contributed by atoms with Gasteiger partial charge in [0.2, 0.25) is 0 Å². The van der Waals surface area contributed by atoms with Crippen molar-refractivity contribution in [2.75, 3.05) is 24.6 Å². The van der Waals surface area contributed by atoms with Gasteiger partial charge >= 0.3 is 0 Å². The van der Waals surface area contributed by atoms with Gasteiger partial charge in [-0.15, -0.1) is 0 Å². The molecule has 164 valence electrons. The Morgan fingerprint density at radius 1 is 1.35 bits per heavy atom. The number of anilines is 1. The lowest BCUT2D eigenvalue weighted by Gasteiger charge is -2.37. The predicted molar refractivity (Wildman–Crippen MR) is 115 cm³/mol. The van der Waals surface area contributed by atoms with Gasteiger partial charge < -0.3 is 24.9 Å². The zero-order valence-electron chi connectivity index (χ0n) is 18.0. The maximum Gasteiger partial charge on any atom is 0.298 e. The van der Waals surface area contributed by atoms with Crippen LogP contribution in [0.3, 0.4) is 0 Å². The number of fused-ring (bicyclic) bond motifs is 1. The van der Waals surface area contributed by atoms with Gasteiger partial charge in [-0.3, -0.25) is 9.78 Å². The second-order valence-corrected chi connectivity index (χ2v) is 8.59. The van der Waals surface area contributed by atoms with Gasteiger partial charge in [-0.1, -0.05) is 0 Å². The van der Waals surface area contributed by atoms with Crippen LogP contribution in [0, 0.1) is 6.92 Å². The second kappa shape index (κ2) is 8.14. The van der Waals surface area contributed by atoms with Crippen molar-refractivity contribution < 1.29 is 19.1 Å². The van der Waals surface area contributed by atoms with E-state index >= 15 is 0 Å². The highest BCUT2D eigenvalue weighted by molar-refractivity contribution is 5.91. The van der Waals surface area contributed by atoms with Gasteiger partial charge in [-0.05, 0) is 45.7 Å². The minimum absolute atomic E-state index is 0.135. The summed E-state index contributed by atoms with van der Waals surface area (Å²) in [6.45, 7) is 7.16. The van der Waals surface area contributed by atoms with Crippen LogP contribution in [0.15, 0.2) is 28.8 Å². The zero-order chi connectivity index (χ0) is 22.2. The van der Waals surface area contributed by atoms with Crippen molar-refractivity contribution in [2.45, 2.75) is 45.1 Å². The predicted octanol–water partition coefficient (Wildman–Crippen LogP) is 2.56. The Bertz CT molecular complexity index is 1100. The van der Waals surface area contributed by atoms with Crippen LogP contribution in [-0.4, -0.2) is 51.3 Å². The van der Waals surface area contributed by atoms with Gasteiger partial charge in [0, 0.05) is 31.3 Å². The lowest BCUT2D eigenvalue weighted by atomic mass is 9.97. The smallest absolute Gasteiger partial charge is 0.298 e. The summed E-state index contributed by atoms with van der Waals surface area (Å²) in [5.41, 5.74) is 7.60. The summed E-state index contributed by atoms with van der Waals surface area (Å²) < 4.78 is 11.7. The van der Waals surface area contributed by atoms with E-state index in [9.17, 15) is 9.90 Å². The van der Waals surface area contributed by atoms with Crippen molar-refractivity contribution in [3.8, 4) is 5.75 Å². The largest absolute Gasteiger partial charge is 0.493 e. The molecule has 3 N–H and O–H groups in total. The highest BCUT2D eigenvalue weighted by atomic mass is 16.5. The number of primary amides is 1. The summed E-state index contributed by atoms with van der Waals surface area (Å²) in [4.78, 5) is 26.7. The van der Waals surface area contributed by atoms with Crippen LogP contribution in [0.5, 0.6) is 5.75 Å². The summed E-state index contributed by atoms with van der Waals surface area (Å²) in [7, 11) is 0. The molecular weight excluding hydrogens is 398 g/mol. The number of carbonyl (C=O) groups excluding carboxylic acids is 1. The summed E-state index contributed by atoms with van der Waals surface area (Å²) in [5.74, 6) is 0.275. The molecule has 0 aliphatic carbocycles. The highest BCUT2D eigenvalue weighted by Crippen LogP contribution is 2.33. The molecule has 0 spiro atoms.